The van der Waals surface area contributed by atoms with E-state index in [1.165, 1.54) is 0 Å². The molecule has 0 aliphatic carbocycles. The van der Waals surface area contributed by atoms with Crippen molar-refractivity contribution in [1.29, 1.82) is 0 Å². The Morgan fingerprint density at radius 3 is 1.42 bits per heavy atom. The molecule has 0 unspecified atom stereocenters. The van der Waals surface area contributed by atoms with Gasteiger partial charge in [0.15, 0.2) is 0 Å². The van der Waals surface area contributed by atoms with E-state index in [4.69, 9.17) is 4.74 Å². The Morgan fingerprint density at radius 1 is 0.583 bits per heavy atom. The van der Waals surface area contributed by atoms with Crippen LogP contribution in [0.15, 0.2) is 84.9 Å². The smallest absolute Gasteiger partial charge is 0.120 e. The van der Waals surface area contributed by atoms with E-state index in [1.54, 1.807) is 0 Å². The lowest BCUT2D eigenvalue weighted by Crippen LogP contribution is -2.22. The third kappa shape index (κ3) is 3.96. The van der Waals surface area contributed by atoms with E-state index in [2.05, 4.69) is 86.3 Å². The van der Waals surface area contributed by atoms with Crippen molar-refractivity contribution in [2.45, 2.75) is 26.4 Å². The summed E-state index contributed by atoms with van der Waals surface area (Å²) in [5.41, 5.74) is 3.18. The van der Waals surface area contributed by atoms with Crippen LogP contribution in [0.1, 0.15) is 20.8 Å². The fourth-order valence-corrected chi connectivity index (χ4v) is 2.62. The highest BCUT2D eigenvalue weighted by Gasteiger charge is 2.14. The van der Waals surface area contributed by atoms with Gasteiger partial charge in [0.25, 0.3) is 0 Å². The quantitative estimate of drug-likeness (QED) is 0.557. The number of hydrogen-bond acceptors (Lipinski definition) is 2. The number of hydrogen-bond donors (Lipinski definition) is 0. The van der Waals surface area contributed by atoms with Gasteiger partial charge in [-0.15, -0.1) is 0 Å². The van der Waals surface area contributed by atoms with Crippen molar-refractivity contribution in [3.05, 3.63) is 84.9 Å². The molecule has 0 atom stereocenters. The van der Waals surface area contributed by atoms with Crippen molar-refractivity contribution >= 4 is 17.1 Å². The lowest BCUT2D eigenvalue weighted by molar-refractivity contribution is 0.131. The summed E-state index contributed by atoms with van der Waals surface area (Å²) in [6.07, 6.45) is 0. The highest BCUT2D eigenvalue weighted by Crippen LogP contribution is 2.35. The fraction of sp³-hybridized carbons (Fsp3) is 0.182. The zero-order chi connectivity index (χ0) is 17.0. The van der Waals surface area contributed by atoms with Crippen LogP contribution in [0.5, 0.6) is 5.75 Å². The van der Waals surface area contributed by atoms with E-state index in [9.17, 15) is 0 Å². The summed E-state index contributed by atoms with van der Waals surface area (Å²) in [4.78, 5) is 2.24. The third-order valence-electron chi connectivity index (χ3n) is 3.55. The van der Waals surface area contributed by atoms with E-state index in [0.29, 0.717) is 0 Å². The van der Waals surface area contributed by atoms with Gasteiger partial charge in [0.2, 0.25) is 0 Å². The summed E-state index contributed by atoms with van der Waals surface area (Å²) in [5.74, 6) is 0.882. The van der Waals surface area contributed by atoms with Crippen LogP contribution in [0.3, 0.4) is 0 Å². The summed E-state index contributed by atoms with van der Waals surface area (Å²) in [5, 5.41) is 0. The molecule has 0 aromatic heterocycles. The number of anilines is 3. The molecule has 0 heterocycles. The van der Waals surface area contributed by atoms with E-state index < -0.39 is 0 Å². The minimum atomic E-state index is -0.194. The van der Waals surface area contributed by atoms with Crippen molar-refractivity contribution in [3.8, 4) is 5.75 Å². The zero-order valence-electron chi connectivity index (χ0n) is 14.4. The van der Waals surface area contributed by atoms with Gasteiger partial charge in [-0.3, -0.25) is 0 Å². The molecule has 0 bridgehead atoms. The maximum absolute atomic E-state index is 5.93. The topological polar surface area (TPSA) is 12.5 Å². The van der Waals surface area contributed by atoms with Gasteiger partial charge in [0, 0.05) is 17.1 Å². The molecule has 0 radical (unpaired) electrons. The van der Waals surface area contributed by atoms with Gasteiger partial charge in [-0.05, 0) is 69.3 Å². The molecule has 0 fully saturated rings. The summed E-state index contributed by atoms with van der Waals surface area (Å²) in [7, 11) is 0. The number of para-hydroxylation sites is 2. The molecule has 2 heteroatoms. The SMILES string of the molecule is CC(C)(C)Oc1ccc(N(c2ccccc2)c2ccccc2)cc1. The third-order valence-corrected chi connectivity index (χ3v) is 3.55. The van der Waals surface area contributed by atoms with Crippen molar-refractivity contribution in [1.82, 2.24) is 0 Å². The summed E-state index contributed by atoms with van der Waals surface area (Å²) < 4.78 is 5.93. The van der Waals surface area contributed by atoms with E-state index in [-0.39, 0.29) is 5.60 Å². The molecular formula is C22H23NO. The minimum Gasteiger partial charge on any atom is -0.488 e. The van der Waals surface area contributed by atoms with Gasteiger partial charge >= 0.3 is 0 Å². The Hall–Kier alpha value is -2.74. The number of ether oxygens (including phenoxy) is 1. The molecule has 0 saturated heterocycles. The molecule has 0 aliphatic rings. The second-order valence-electron chi connectivity index (χ2n) is 6.71. The van der Waals surface area contributed by atoms with E-state index in [0.717, 1.165) is 22.8 Å². The van der Waals surface area contributed by atoms with Gasteiger partial charge in [-0.25, -0.2) is 0 Å². The average molecular weight is 317 g/mol. The molecule has 3 aromatic rings. The molecule has 3 rings (SSSR count). The highest BCUT2D eigenvalue weighted by atomic mass is 16.5. The van der Waals surface area contributed by atoms with E-state index >= 15 is 0 Å². The van der Waals surface area contributed by atoms with Crippen LogP contribution in [0.2, 0.25) is 0 Å². The summed E-state index contributed by atoms with van der Waals surface area (Å²) in [6, 6.07) is 29.0. The Balaban J connectivity index is 1.98. The lowest BCUT2D eigenvalue weighted by Gasteiger charge is -2.26. The molecule has 0 spiro atoms. The average Bonchev–Trinajstić information content (AvgIpc) is 2.57. The van der Waals surface area contributed by atoms with Crippen LogP contribution < -0.4 is 9.64 Å². The lowest BCUT2D eigenvalue weighted by atomic mass is 10.1. The van der Waals surface area contributed by atoms with Crippen LogP contribution in [-0.4, -0.2) is 5.60 Å². The Kier molecular flexibility index (Phi) is 4.57. The Morgan fingerprint density at radius 2 is 1.00 bits per heavy atom. The van der Waals surface area contributed by atoms with Gasteiger partial charge in [-0.1, -0.05) is 36.4 Å². The second-order valence-corrected chi connectivity index (χ2v) is 6.71. The minimum absolute atomic E-state index is 0.194. The first-order chi connectivity index (χ1) is 11.5. The molecule has 0 N–H and O–H groups in total. The first-order valence-corrected chi connectivity index (χ1v) is 8.22. The van der Waals surface area contributed by atoms with Crippen LogP contribution in [-0.2, 0) is 0 Å². The van der Waals surface area contributed by atoms with Gasteiger partial charge < -0.3 is 9.64 Å². The fourth-order valence-electron chi connectivity index (χ4n) is 2.62. The van der Waals surface area contributed by atoms with Crippen LogP contribution in [0.25, 0.3) is 0 Å². The number of benzene rings is 3. The summed E-state index contributed by atoms with van der Waals surface area (Å²) in [6.45, 7) is 6.17. The normalized spacial score (nSPS) is 11.1. The van der Waals surface area contributed by atoms with E-state index in [1.807, 2.05) is 24.3 Å². The predicted octanol–water partition coefficient (Wildman–Crippen LogP) is 6.33. The molecule has 0 saturated carbocycles. The van der Waals surface area contributed by atoms with Gasteiger partial charge in [0.1, 0.15) is 11.4 Å². The molecule has 2 nitrogen and oxygen atoms in total. The van der Waals surface area contributed by atoms with Gasteiger partial charge in [-0.2, -0.15) is 0 Å². The second kappa shape index (κ2) is 6.79. The Bertz CT molecular complexity index is 719. The molecule has 3 aromatic carbocycles. The standard InChI is InChI=1S/C22H23NO/c1-22(2,3)24-21-16-14-20(15-17-21)23(18-10-6-4-7-11-18)19-12-8-5-9-13-19/h4-17H,1-3H3. The number of rotatable bonds is 4. The number of nitrogens with zero attached hydrogens (tertiary/aromatic N) is 1. The largest absolute Gasteiger partial charge is 0.488 e. The maximum atomic E-state index is 5.93. The monoisotopic (exact) mass is 317 g/mol. The molecule has 122 valence electrons. The molecular weight excluding hydrogens is 294 g/mol. The first kappa shape index (κ1) is 16.1. The van der Waals surface area contributed by atoms with Crippen LogP contribution in [0, 0.1) is 0 Å². The molecule has 0 amide bonds. The van der Waals surface area contributed by atoms with Crippen molar-refractivity contribution in [2.24, 2.45) is 0 Å². The van der Waals surface area contributed by atoms with Crippen molar-refractivity contribution < 1.29 is 4.74 Å². The zero-order valence-corrected chi connectivity index (χ0v) is 14.4. The molecule has 24 heavy (non-hydrogen) atoms. The van der Waals surface area contributed by atoms with Gasteiger partial charge in [0.05, 0.1) is 0 Å². The van der Waals surface area contributed by atoms with Crippen molar-refractivity contribution in [3.63, 3.8) is 0 Å². The predicted molar refractivity (Wildman–Crippen MR) is 102 cm³/mol. The maximum Gasteiger partial charge on any atom is 0.120 e. The van der Waals surface area contributed by atoms with Crippen LogP contribution >= 0.6 is 0 Å². The highest BCUT2D eigenvalue weighted by molar-refractivity contribution is 5.76. The van der Waals surface area contributed by atoms with Crippen LogP contribution in [0.4, 0.5) is 17.1 Å². The molecule has 0 aliphatic heterocycles. The van der Waals surface area contributed by atoms with Crippen molar-refractivity contribution in [2.75, 3.05) is 4.90 Å². The Labute approximate surface area is 144 Å². The first-order valence-electron chi connectivity index (χ1n) is 8.22. The summed E-state index contributed by atoms with van der Waals surface area (Å²) >= 11 is 0.